The fourth-order valence-electron chi connectivity index (χ4n) is 2.43. The Kier molecular flexibility index (Phi) is 4.34. The van der Waals surface area contributed by atoms with Crippen molar-refractivity contribution in [2.45, 2.75) is 0 Å². The highest BCUT2D eigenvalue weighted by atomic mass is 16.5. The van der Waals surface area contributed by atoms with E-state index in [0.717, 1.165) is 5.56 Å². The molecule has 25 heavy (non-hydrogen) atoms. The van der Waals surface area contributed by atoms with Gasteiger partial charge in [-0.2, -0.15) is 5.10 Å². The van der Waals surface area contributed by atoms with Crippen LogP contribution in [0.2, 0.25) is 0 Å². The summed E-state index contributed by atoms with van der Waals surface area (Å²) in [7, 11) is 4.71. The van der Waals surface area contributed by atoms with Crippen LogP contribution in [0.25, 0.3) is 22.5 Å². The summed E-state index contributed by atoms with van der Waals surface area (Å²) in [6, 6.07) is 8.49. The van der Waals surface area contributed by atoms with E-state index in [1.807, 2.05) is 6.07 Å². The van der Waals surface area contributed by atoms with Gasteiger partial charge in [0.05, 0.1) is 25.6 Å². The normalized spacial score (nSPS) is 10.5. The fraction of sp³-hybridized carbons (Fsp3) is 0.176. The zero-order valence-electron chi connectivity index (χ0n) is 14.1. The van der Waals surface area contributed by atoms with Crippen LogP contribution in [0.15, 0.2) is 41.3 Å². The van der Waals surface area contributed by atoms with Crippen molar-refractivity contribution in [2.24, 2.45) is 7.05 Å². The number of hydrogen-bond acceptors (Lipinski definition) is 7. The van der Waals surface area contributed by atoms with E-state index < -0.39 is 0 Å². The third-order valence-electron chi connectivity index (χ3n) is 3.70. The zero-order chi connectivity index (χ0) is 18.0. The molecule has 1 aromatic carbocycles. The standard InChI is InChI=1S/C17H17N5O3/c1-22-15(23)7-5-12(21-22)11-9-19-17(18)20-16(11)10-4-6-13(24-2)14(8-10)25-3/h4-9H,1-3H3,(H2,18,19,20). The van der Waals surface area contributed by atoms with Crippen LogP contribution in [0.3, 0.4) is 0 Å². The molecule has 0 aliphatic carbocycles. The van der Waals surface area contributed by atoms with Crippen molar-refractivity contribution in [2.75, 3.05) is 20.0 Å². The monoisotopic (exact) mass is 339 g/mol. The van der Waals surface area contributed by atoms with Gasteiger partial charge in [-0.1, -0.05) is 0 Å². The average Bonchev–Trinajstić information content (AvgIpc) is 2.63. The fourth-order valence-corrected chi connectivity index (χ4v) is 2.43. The Bertz CT molecular complexity index is 984. The van der Waals surface area contributed by atoms with Crippen LogP contribution in [0.4, 0.5) is 5.95 Å². The van der Waals surface area contributed by atoms with Crippen molar-refractivity contribution in [1.29, 1.82) is 0 Å². The molecule has 0 atom stereocenters. The highest BCUT2D eigenvalue weighted by molar-refractivity contribution is 5.80. The Hall–Kier alpha value is -3.42. The second-order valence-corrected chi connectivity index (χ2v) is 5.24. The lowest BCUT2D eigenvalue weighted by Gasteiger charge is -2.12. The van der Waals surface area contributed by atoms with Gasteiger partial charge < -0.3 is 15.2 Å². The Morgan fingerprint density at radius 3 is 2.52 bits per heavy atom. The van der Waals surface area contributed by atoms with E-state index in [4.69, 9.17) is 15.2 Å². The van der Waals surface area contributed by atoms with Gasteiger partial charge in [0.2, 0.25) is 5.95 Å². The van der Waals surface area contributed by atoms with Crippen molar-refractivity contribution < 1.29 is 9.47 Å². The van der Waals surface area contributed by atoms with Gasteiger partial charge in [-0.05, 0) is 24.3 Å². The topological polar surface area (TPSA) is 105 Å². The molecular weight excluding hydrogens is 322 g/mol. The van der Waals surface area contributed by atoms with Gasteiger partial charge in [0.15, 0.2) is 11.5 Å². The Labute approximate surface area is 143 Å². The molecule has 0 amide bonds. The van der Waals surface area contributed by atoms with E-state index in [1.165, 1.54) is 10.7 Å². The van der Waals surface area contributed by atoms with Gasteiger partial charge in [0.25, 0.3) is 5.56 Å². The SMILES string of the molecule is COc1ccc(-c2nc(N)ncc2-c2ccc(=O)n(C)n2)cc1OC. The predicted octanol–water partition coefficient (Wildman–Crippen LogP) is 1.50. The first-order chi connectivity index (χ1) is 12.0. The third-order valence-corrected chi connectivity index (χ3v) is 3.70. The molecule has 2 heterocycles. The molecule has 0 bridgehead atoms. The largest absolute Gasteiger partial charge is 0.493 e. The molecule has 0 aliphatic heterocycles. The Balaban J connectivity index is 2.21. The summed E-state index contributed by atoms with van der Waals surface area (Å²) >= 11 is 0. The van der Waals surface area contributed by atoms with Crippen molar-refractivity contribution in [3.63, 3.8) is 0 Å². The number of benzene rings is 1. The van der Waals surface area contributed by atoms with Crippen LogP contribution in [-0.4, -0.2) is 34.0 Å². The van der Waals surface area contributed by atoms with Crippen molar-refractivity contribution >= 4 is 5.95 Å². The molecule has 0 saturated carbocycles. The first-order valence-electron chi connectivity index (χ1n) is 7.43. The minimum atomic E-state index is -0.201. The summed E-state index contributed by atoms with van der Waals surface area (Å²) in [6.45, 7) is 0. The van der Waals surface area contributed by atoms with E-state index in [-0.39, 0.29) is 11.5 Å². The van der Waals surface area contributed by atoms with Gasteiger partial charge in [-0.3, -0.25) is 4.79 Å². The van der Waals surface area contributed by atoms with Crippen LogP contribution in [0, 0.1) is 0 Å². The predicted molar refractivity (Wildman–Crippen MR) is 93.5 cm³/mol. The van der Waals surface area contributed by atoms with Gasteiger partial charge in [-0.15, -0.1) is 0 Å². The molecular formula is C17H17N5O3. The number of nitrogens with zero attached hydrogens (tertiary/aromatic N) is 4. The maximum atomic E-state index is 11.6. The summed E-state index contributed by atoms with van der Waals surface area (Å²) in [4.78, 5) is 20.0. The number of hydrogen-bond donors (Lipinski definition) is 1. The van der Waals surface area contributed by atoms with E-state index in [2.05, 4.69) is 15.1 Å². The average molecular weight is 339 g/mol. The maximum absolute atomic E-state index is 11.6. The van der Waals surface area contributed by atoms with Crippen molar-refractivity contribution in [1.82, 2.24) is 19.7 Å². The first kappa shape index (κ1) is 16.4. The molecule has 3 rings (SSSR count). The molecule has 128 valence electrons. The van der Waals surface area contributed by atoms with Crippen LogP contribution < -0.4 is 20.8 Å². The number of methoxy groups -OCH3 is 2. The molecule has 8 heteroatoms. The molecule has 0 aliphatic rings. The van der Waals surface area contributed by atoms with Gasteiger partial charge >= 0.3 is 0 Å². The molecule has 3 aromatic rings. The second-order valence-electron chi connectivity index (χ2n) is 5.24. The molecule has 0 spiro atoms. The van der Waals surface area contributed by atoms with E-state index in [1.54, 1.807) is 45.7 Å². The smallest absolute Gasteiger partial charge is 0.266 e. The van der Waals surface area contributed by atoms with Crippen LogP contribution in [0.5, 0.6) is 11.5 Å². The minimum absolute atomic E-state index is 0.137. The first-order valence-corrected chi connectivity index (χ1v) is 7.43. The number of anilines is 1. The highest BCUT2D eigenvalue weighted by Crippen LogP contribution is 2.35. The number of aromatic nitrogens is 4. The lowest BCUT2D eigenvalue weighted by molar-refractivity contribution is 0.355. The van der Waals surface area contributed by atoms with E-state index in [0.29, 0.717) is 28.5 Å². The minimum Gasteiger partial charge on any atom is -0.493 e. The number of ether oxygens (including phenoxy) is 2. The number of nitrogen functional groups attached to an aromatic ring is 1. The lowest BCUT2D eigenvalue weighted by Crippen LogP contribution is -2.18. The summed E-state index contributed by atoms with van der Waals surface area (Å²) in [6.07, 6.45) is 1.58. The maximum Gasteiger partial charge on any atom is 0.266 e. The Morgan fingerprint density at radius 2 is 1.84 bits per heavy atom. The van der Waals surface area contributed by atoms with E-state index in [9.17, 15) is 4.79 Å². The Morgan fingerprint density at radius 1 is 1.08 bits per heavy atom. The molecule has 0 radical (unpaired) electrons. The zero-order valence-corrected chi connectivity index (χ0v) is 14.1. The molecule has 2 aromatic heterocycles. The molecule has 2 N–H and O–H groups in total. The van der Waals surface area contributed by atoms with Gasteiger partial charge in [0, 0.05) is 30.4 Å². The summed E-state index contributed by atoms with van der Waals surface area (Å²) in [5.74, 6) is 1.31. The van der Waals surface area contributed by atoms with Crippen LogP contribution in [-0.2, 0) is 7.05 Å². The van der Waals surface area contributed by atoms with Crippen LogP contribution >= 0.6 is 0 Å². The number of nitrogens with two attached hydrogens (primary N) is 1. The molecule has 8 nitrogen and oxygen atoms in total. The molecule has 0 fully saturated rings. The van der Waals surface area contributed by atoms with Gasteiger partial charge in [-0.25, -0.2) is 14.6 Å². The summed E-state index contributed by atoms with van der Waals surface area (Å²) in [5, 5.41) is 4.26. The van der Waals surface area contributed by atoms with E-state index >= 15 is 0 Å². The lowest BCUT2D eigenvalue weighted by atomic mass is 10.0. The van der Waals surface area contributed by atoms with Crippen molar-refractivity contribution in [3.8, 4) is 34.0 Å². The van der Waals surface area contributed by atoms with Gasteiger partial charge in [0.1, 0.15) is 0 Å². The summed E-state index contributed by atoms with van der Waals surface area (Å²) in [5.41, 5.74) is 8.13. The molecule has 0 saturated heterocycles. The van der Waals surface area contributed by atoms with Crippen molar-refractivity contribution in [3.05, 3.63) is 46.9 Å². The highest BCUT2D eigenvalue weighted by Gasteiger charge is 2.15. The molecule has 0 unspecified atom stereocenters. The number of rotatable bonds is 4. The number of aryl methyl sites for hydroxylation is 1. The van der Waals surface area contributed by atoms with Crippen LogP contribution in [0.1, 0.15) is 0 Å². The quantitative estimate of drug-likeness (QED) is 0.768. The third kappa shape index (κ3) is 3.14. The second kappa shape index (κ2) is 6.60. The summed E-state index contributed by atoms with van der Waals surface area (Å²) < 4.78 is 11.9.